The number of terminal acetylenes is 1. The van der Waals surface area contributed by atoms with Crippen LogP contribution < -0.4 is 9.47 Å². The molecule has 0 heterocycles. The highest BCUT2D eigenvalue weighted by atomic mass is 35.5. The number of methoxy groups -OCH3 is 2. The SMILES string of the molecule is C#CCOc1c(Cl)cc(C(O)C(=C)C(=O)OC)cc1OC. The second-order valence-corrected chi connectivity index (χ2v) is 4.35. The van der Waals surface area contributed by atoms with Crippen LogP contribution in [0, 0.1) is 12.3 Å². The van der Waals surface area contributed by atoms with Crippen LogP contribution in [0.4, 0.5) is 0 Å². The largest absolute Gasteiger partial charge is 0.493 e. The van der Waals surface area contributed by atoms with Gasteiger partial charge in [0.1, 0.15) is 12.7 Å². The van der Waals surface area contributed by atoms with Crippen molar-refractivity contribution in [3.8, 4) is 23.8 Å². The summed E-state index contributed by atoms with van der Waals surface area (Å²) in [7, 11) is 2.62. The normalized spacial score (nSPS) is 11.2. The lowest BCUT2D eigenvalue weighted by Gasteiger charge is -2.16. The Kier molecular flexibility index (Phi) is 6.10. The molecular weight excluding hydrogens is 296 g/mol. The van der Waals surface area contributed by atoms with Crippen LogP contribution in [0.2, 0.25) is 5.02 Å². The Labute approximate surface area is 128 Å². The summed E-state index contributed by atoms with van der Waals surface area (Å²) in [6.07, 6.45) is 3.85. The zero-order chi connectivity index (χ0) is 16.0. The number of hydrogen-bond donors (Lipinski definition) is 1. The van der Waals surface area contributed by atoms with Crippen molar-refractivity contribution in [3.05, 3.63) is 34.9 Å². The first-order valence-electron chi connectivity index (χ1n) is 5.85. The fourth-order valence-corrected chi connectivity index (χ4v) is 1.87. The van der Waals surface area contributed by atoms with E-state index in [0.29, 0.717) is 5.56 Å². The monoisotopic (exact) mass is 310 g/mol. The van der Waals surface area contributed by atoms with Gasteiger partial charge in [0.2, 0.25) is 0 Å². The molecule has 5 nitrogen and oxygen atoms in total. The van der Waals surface area contributed by atoms with Crippen LogP contribution in [0.1, 0.15) is 11.7 Å². The summed E-state index contributed by atoms with van der Waals surface area (Å²) in [6.45, 7) is 3.51. The van der Waals surface area contributed by atoms with E-state index in [0.717, 1.165) is 0 Å². The van der Waals surface area contributed by atoms with Crippen LogP contribution in [0.5, 0.6) is 11.5 Å². The molecule has 1 atom stereocenters. The van der Waals surface area contributed by atoms with Gasteiger partial charge in [-0.1, -0.05) is 24.1 Å². The number of esters is 1. The average Bonchev–Trinajstić information content (AvgIpc) is 2.50. The average molecular weight is 311 g/mol. The Morgan fingerprint density at radius 2 is 2.19 bits per heavy atom. The first kappa shape index (κ1) is 16.9. The van der Waals surface area contributed by atoms with Crippen molar-refractivity contribution in [3.63, 3.8) is 0 Å². The minimum absolute atomic E-state index is 0.0207. The van der Waals surface area contributed by atoms with Crippen molar-refractivity contribution in [1.82, 2.24) is 0 Å². The second kappa shape index (κ2) is 7.58. The highest BCUT2D eigenvalue weighted by molar-refractivity contribution is 6.32. The molecule has 1 N–H and O–H groups in total. The Morgan fingerprint density at radius 1 is 1.52 bits per heavy atom. The fourth-order valence-electron chi connectivity index (χ4n) is 1.60. The number of aliphatic hydroxyl groups excluding tert-OH is 1. The molecule has 0 saturated carbocycles. The Bertz CT molecular complexity index is 588. The molecule has 0 aliphatic rings. The lowest BCUT2D eigenvalue weighted by Crippen LogP contribution is -2.12. The molecule has 112 valence electrons. The van der Waals surface area contributed by atoms with Crippen LogP contribution >= 0.6 is 11.6 Å². The molecule has 0 spiro atoms. The molecule has 0 aliphatic heterocycles. The van der Waals surface area contributed by atoms with Gasteiger partial charge in [0, 0.05) is 0 Å². The van der Waals surface area contributed by atoms with Crippen molar-refractivity contribution in [2.45, 2.75) is 6.10 Å². The third-order valence-corrected chi connectivity index (χ3v) is 2.93. The summed E-state index contributed by atoms with van der Waals surface area (Å²) in [5.74, 6) is 2.14. The zero-order valence-corrected chi connectivity index (χ0v) is 12.4. The summed E-state index contributed by atoms with van der Waals surface area (Å²) >= 11 is 6.08. The molecule has 0 aromatic heterocycles. The number of ether oxygens (including phenoxy) is 3. The quantitative estimate of drug-likeness (QED) is 0.495. The molecule has 0 radical (unpaired) electrons. The highest BCUT2D eigenvalue weighted by Crippen LogP contribution is 2.39. The van der Waals surface area contributed by atoms with E-state index in [2.05, 4.69) is 17.2 Å². The van der Waals surface area contributed by atoms with Crippen LogP contribution in [0.3, 0.4) is 0 Å². The molecule has 0 saturated heterocycles. The fraction of sp³-hybridized carbons (Fsp3) is 0.267. The number of carbonyl (C=O) groups excluding carboxylic acids is 1. The number of halogens is 1. The van der Waals surface area contributed by atoms with Crippen LogP contribution in [-0.4, -0.2) is 31.9 Å². The Hall–Kier alpha value is -2.16. The van der Waals surface area contributed by atoms with Gasteiger partial charge in [-0.25, -0.2) is 4.79 Å². The van der Waals surface area contributed by atoms with E-state index in [4.69, 9.17) is 27.5 Å². The van der Waals surface area contributed by atoms with E-state index < -0.39 is 12.1 Å². The molecule has 1 rings (SSSR count). The number of rotatable bonds is 6. The third-order valence-electron chi connectivity index (χ3n) is 2.65. The van der Waals surface area contributed by atoms with E-state index in [-0.39, 0.29) is 28.7 Å². The van der Waals surface area contributed by atoms with E-state index in [1.54, 1.807) is 0 Å². The highest BCUT2D eigenvalue weighted by Gasteiger charge is 2.22. The van der Waals surface area contributed by atoms with Crippen molar-refractivity contribution in [1.29, 1.82) is 0 Å². The molecule has 1 aromatic rings. The van der Waals surface area contributed by atoms with Crippen LogP contribution in [-0.2, 0) is 9.53 Å². The standard InChI is InChI=1S/C15H15ClO5/c1-5-6-21-14-11(16)7-10(8-12(14)19-3)13(17)9(2)15(18)20-4/h1,7-8,13,17H,2,6H2,3-4H3. The number of benzene rings is 1. The third kappa shape index (κ3) is 3.91. The minimum atomic E-state index is -1.27. The van der Waals surface area contributed by atoms with E-state index in [1.165, 1.54) is 26.4 Å². The van der Waals surface area contributed by atoms with E-state index in [1.807, 2.05) is 0 Å². The van der Waals surface area contributed by atoms with Gasteiger partial charge >= 0.3 is 5.97 Å². The molecule has 1 aromatic carbocycles. The van der Waals surface area contributed by atoms with Gasteiger partial charge < -0.3 is 19.3 Å². The summed E-state index contributed by atoms with van der Waals surface area (Å²) in [5.41, 5.74) is 0.202. The minimum Gasteiger partial charge on any atom is -0.493 e. The topological polar surface area (TPSA) is 65.0 Å². The van der Waals surface area contributed by atoms with Crippen molar-refractivity contribution < 1.29 is 24.1 Å². The molecule has 21 heavy (non-hydrogen) atoms. The first-order chi connectivity index (χ1) is 9.96. The van der Waals surface area contributed by atoms with E-state index >= 15 is 0 Å². The van der Waals surface area contributed by atoms with Crippen LogP contribution in [0.15, 0.2) is 24.3 Å². The lowest BCUT2D eigenvalue weighted by atomic mass is 10.0. The lowest BCUT2D eigenvalue weighted by molar-refractivity contribution is -0.137. The molecule has 6 heteroatoms. The van der Waals surface area contributed by atoms with Gasteiger partial charge in [0.25, 0.3) is 0 Å². The predicted molar refractivity (Wildman–Crippen MR) is 78.4 cm³/mol. The van der Waals surface area contributed by atoms with Gasteiger partial charge in [-0.2, -0.15) is 0 Å². The van der Waals surface area contributed by atoms with Gasteiger partial charge in [0.05, 0.1) is 24.8 Å². The maximum Gasteiger partial charge on any atom is 0.336 e. The van der Waals surface area contributed by atoms with Crippen molar-refractivity contribution in [2.24, 2.45) is 0 Å². The predicted octanol–water partition coefficient (Wildman–Crippen LogP) is 2.12. The number of carbonyl (C=O) groups is 1. The molecule has 1 unspecified atom stereocenters. The Morgan fingerprint density at radius 3 is 2.71 bits per heavy atom. The molecule has 0 fully saturated rings. The summed E-state index contributed by atoms with van der Waals surface area (Å²) in [6, 6.07) is 2.92. The molecule has 0 aliphatic carbocycles. The van der Waals surface area contributed by atoms with E-state index in [9.17, 15) is 9.90 Å². The second-order valence-electron chi connectivity index (χ2n) is 3.95. The van der Waals surface area contributed by atoms with Crippen molar-refractivity contribution >= 4 is 17.6 Å². The summed E-state index contributed by atoms with van der Waals surface area (Å²) in [5, 5.41) is 10.3. The summed E-state index contributed by atoms with van der Waals surface area (Å²) < 4.78 is 14.9. The maximum absolute atomic E-state index is 11.4. The molecule has 0 bridgehead atoms. The van der Waals surface area contributed by atoms with Gasteiger partial charge in [0.15, 0.2) is 11.5 Å². The van der Waals surface area contributed by atoms with Gasteiger partial charge in [-0.15, -0.1) is 6.42 Å². The number of aliphatic hydroxyl groups is 1. The number of hydrogen-bond acceptors (Lipinski definition) is 5. The van der Waals surface area contributed by atoms with Crippen LogP contribution in [0.25, 0.3) is 0 Å². The first-order valence-corrected chi connectivity index (χ1v) is 6.22. The Balaban J connectivity index is 3.16. The smallest absolute Gasteiger partial charge is 0.336 e. The van der Waals surface area contributed by atoms with Gasteiger partial charge in [-0.05, 0) is 17.7 Å². The molecular formula is C15H15ClO5. The summed E-state index contributed by atoms with van der Waals surface area (Å²) in [4.78, 5) is 11.4. The van der Waals surface area contributed by atoms with Crippen molar-refractivity contribution in [2.75, 3.05) is 20.8 Å². The maximum atomic E-state index is 11.4. The van der Waals surface area contributed by atoms with Gasteiger partial charge in [-0.3, -0.25) is 0 Å². The zero-order valence-electron chi connectivity index (χ0n) is 11.7. The molecule has 0 amide bonds.